The van der Waals surface area contributed by atoms with Crippen molar-refractivity contribution < 1.29 is 12.6 Å². The van der Waals surface area contributed by atoms with Crippen molar-refractivity contribution in [2.24, 2.45) is 12.2 Å². The van der Waals surface area contributed by atoms with Crippen molar-refractivity contribution >= 4 is 10.3 Å². The number of hydrogen-bond donors (Lipinski definition) is 1. The van der Waals surface area contributed by atoms with Crippen molar-refractivity contribution in [2.75, 3.05) is 0 Å². The molecule has 0 unspecified atom stereocenters. The summed E-state index contributed by atoms with van der Waals surface area (Å²) in [5, 5.41) is 8.63. The van der Waals surface area contributed by atoms with E-state index in [2.05, 4.69) is 14.4 Å². The highest BCUT2D eigenvalue weighted by Gasteiger charge is 2.06. The van der Waals surface area contributed by atoms with Gasteiger partial charge >= 0.3 is 10.3 Å². The second kappa shape index (κ2) is 3.44. The van der Waals surface area contributed by atoms with Crippen LogP contribution in [0.25, 0.3) is 0 Å². The molecule has 13 heavy (non-hydrogen) atoms. The van der Waals surface area contributed by atoms with E-state index in [1.54, 1.807) is 17.8 Å². The number of aryl methyl sites for hydroxylation is 2. The molecule has 0 saturated carbocycles. The van der Waals surface area contributed by atoms with E-state index < -0.39 is 10.3 Å². The lowest BCUT2D eigenvalue weighted by molar-refractivity contribution is 0.303. The maximum Gasteiger partial charge on any atom is 0.333 e. The zero-order valence-electron chi connectivity index (χ0n) is 7.39. The normalized spacial score (nSPS) is 11.9. The number of nitrogens with two attached hydrogens (primary N) is 1. The van der Waals surface area contributed by atoms with Crippen LogP contribution < -0.4 is 5.14 Å². The van der Waals surface area contributed by atoms with Gasteiger partial charge in [-0.05, 0) is 13.0 Å². The van der Waals surface area contributed by atoms with Crippen molar-refractivity contribution in [1.29, 1.82) is 0 Å². The summed E-state index contributed by atoms with van der Waals surface area (Å²) in [7, 11) is -2.12. The van der Waals surface area contributed by atoms with E-state index in [1.165, 1.54) is 0 Å². The monoisotopic (exact) mass is 205 g/mol. The molecule has 0 atom stereocenters. The van der Waals surface area contributed by atoms with Crippen LogP contribution in [0.5, 0.6) is 0 Å². The first-order valence-corrected chi connectivity index (χ1v) is 5.02. The molecule has 2 N–H and O–H groups in total. The molecule has 0 amide bonds. The van der Waals surface area contributed by atoms with Gasteiger partial charge in [0.2, 0.25) is 0 Å². The molecule has 1 aromatic rings. The minimum Gasteiger partial charge on any atom is -0.273 e. The molecule has 0 aliphatic heterocycles. The molecule has 0 fully saturated rings. The smallest absolute Gasteiger partial charge is 0.273 e. The van der Waals surface area contributed by atoms with Crippen LogP contribution >= 0.6 is 0 Å². The van der Waals surface area contributed by atoms with E-state index in [-0.39, 0.29) is 6.61 Å². The van der Waals surface area contributed by atoms with Crippen LogP contribution in [0.2, 0.25) is 0 Å². The van der Waals surface area contributed by atoms with E-state index in [0.717, 1.165) is 5.69 Å². The summed E-state index contributed by atoms with van der Waals surface area (Å²) >= 11 is 0. The fraction of sp³-hybridized carbons (Fsp3) is 0.500. The third-order valence-electron chi connectivity index (χ3n) is 1.54. The molecule has 0 radical (unpaired) electrons. The first kappa shape index (κ1) is 10.2. The number of rotatable bonds is 3. The summed E-state index contributed by atoms with van der Waals surface area (Å²) in [6, 6.07) is 1.73. The topological polar surface area (TPSA) is 87.2 Å². The molecule has 74 valence electrons. The van der Waals surface area contributed by atoms with Gasteiger partial charge in [-0.2, -0.15) is 13.5 Å². The third-order valence-corrected chi connectivity index (χ3v) is 1.98. The van der Waals surface area contributed by atoms with E-state index in [1.807, 2.05) is 6.92 Å². The summed E-state index contributed by atoms with van der Waals surface area (Å²) in [5.74, 6) is 0. The molecule has 7 heteroatoms. The Morgan fingerprint density at radius 2 is 2.31 bits per heavy atom. The van der Waals surface area contributed by atoms with E-state index in [4.69, 9.17) is 0 Å². The van der Waals surface area contributed by atoms with Gasteiger partial charge in [0.25, 0.3) is 0 Å². The Hall–Kier alpha value is -0.920. The van der Waals surface area contributed by atoms with Crippen molar-refractivity contribution in [3.05, 3.63) is 17.5 Å². The Kier molecular flexibility index (Phi) is 2.69. The molecule has 0 aromatic carbocycles. The molecule has 6 nitrogen and oxygen atoms in total. The second-order valence-corrected chi connectivity index (χ2v) is 3.88. The van der Waals surface area contributed by atoms with Crippen LogP contribution in [0, 0.1) is 6.92 Å². The third kappa shape index (κ3) is 3.13. The van der Waals surface area contributed by atoms with Gasteiger partial charge in [-0.25, -0.2) is 5.14 Å². The minimum absolute atomic E-state index is 0.124. The summed E-state index contributed by atoms with van der Waals surface area (Å²) in [5.41, 5.74) is 1.46. The van der Waals surface area contributed by atoms with Gasteiger partial charge in [-0.3, -0.25) is 8.86 Å². The molecule has 0 aliphatic carbocycles. The lowest BCUT2D eigenvalue weighted by atomic mass is 10.4. The molecule has 1 rings (SSSR count). The molecular formula is C6H11N3O3S. The van der Waals surface area contributed by atoms with Crippen LogP contribution in [0.4, 0.5) is 0 Å². The van der Waals surface area contributed by atoms with Crippen LogP contribution in [0.15, 0.2) is 6.07 Å². The SMILES string of the molecule is Cc1cc(COS(N)(=O)=O)nn1C. The Morgan fingerprint density at radius 3 is 2.69 bits per heavy atom. The van der Waals surface area contributed by atoms with Crippen LogP contribution in [0.1, 0.15) is 11.4 Å². The maximum absolute atomic E-state index is 10.4. The first-order valence-electron chi connectivity index (χ1n) is 3.55. The summed E-state index contributed by atoms with van der Waals surface area (Å²) < 4.78 is 26.8. The number of hydrogen-bond acceptors (Lipinski definition) is 4. The predicted molar refractivity (Wildman–Crippen MR) is 45.8 cm³/mol. The molecule has 0 aliphatic rings. The zero-order chi connectivity index (χ0) is 10.1. The van der Waals surface area contributed by atoms with Gasteiger partial charge in [0.1, 0.15) is 6.61 Å². The maximum atomic E-state index is 10.4. The standard InChI is InChI=1S/C6H11N3O3S/c1-5-3-6(8-9(5)2)4-12-13(7,10)11/h3H,4H2,1-2H3,(H2,7,10,11). The highest BCUT2D eigenvalue weighted by molar-refractivity contribution is 7.84. The predicted octanol–water partition coefficient (Wildman–Crippen LogP) is -0.551. The fourth-order valence-corrected chi connectivity index (χ4v) is 1.13. The summed E-state index contributed by atoms with van der Waals surface area (Å²) in [6.07, 6.45) is 0. The van der Waals surface area contributed by atoms with E-state index in [9.17, 15) is 8.42 Å². The number of aromatic nitrogens is 2. The van der Waals surface area contributed by atoms with Crippen molar-refractivity contribution in [3.8, 4) is 0 Å². The Bertz CT molecular complexity index is 376. The van der Waals surface area contributed by atoms with Gasteiger partial charge in [0.05, 0.1) is 5.69 Å². The lowest BCUT2D eigenvalue weighted by Gasteiger charge is -1.95. The summed E-state index contributed by atoms with van der Waals surface area (Å²) in [6.45, 7) is 1.73. The Balaban J connectivity index is 2.66. The van der Waals surface area contributed by atoms with E-state index >= 15 is 0 Å². The molecule has 0 saturated heterocycles. The zero-order valence-corrected chi connectivity index (χ0v) is 8.21. The first-order chi connectivity index (χ1) is 5.88. The van der Waals surface area contributed by atoms with Crippen molar-refractivity contribution in [3.63, 3.8) is 0 Å². The van der Waals surface area contributed by atoms with E-state index in [0.29, 0.717) is 5.69 Å². The van der Waals surface area contributed by atoms with Gasteiger partial charge < -0.3 is 0 Å². The van der Waals surface area contributed by atoms with Gasteiger partial charge in [-0.15, -0.1) is 0 Å². The largest absolute Gasteiger partial charge is 0.333 e. The summed E-state index contributed by atoms with van der Waals surface area (Å²) in [4.78, 5) is 0. The van der Waals surface area contributed by atoms with Crippen LogP contribution in [0.3, 0.4) is 0 Å². The van der Waals surface area contributed by atoms with Gasteiger partial charge in [0.15, 0.2) is 0 Å². The Labute approximate surface area is 76.6 Å². The highest BCUT2D eigenvalue weighted by atomic mass is 32.2. The Morgan fingerprint density at radius 1 is 1.69 bits per heavy atom. The molecule has 1 aromatic heterocycles. The molecule has 1 heterocycles. The highest BCUT2D eigenvalue weighted by Crippen LogP contribution is 2.03. The van der Waals surface area contributed by atoms with Crippen molar-refractivity contribution in [2.45, 2.75) is 13.5 Å². The molecular weight excluding hydrogens is 194 g/mol. The van der Waals surface area contributed by atoms with Crippen LogP contribution in [-0.2, 0) is 28.1 Å². The molecule has 0 spiro atoms. The van der Waals surface area contributed by atoms with Gasteiger partial charge in [0, 0.05) is 12.7 Å². The lowest BCUT2D eigenvalue weighted by Crippen LogP contribution is -2.15. The quantitative estimate of drug-likeness (QED) is 0.717. The van der Waals surface area contributed by atoms with Crippen molar-refractivity contribution in [1.82, 2.24) is 9.78 Å². The van der Waals surface area contributed by atoms with Gasteiger partial charge in [-0.1, -0.05) is 0 Å². The average Bonchev–Trinajstić information content (AvgIpc) is 2.27. The average molecular weight is 205 g/mol. The molecule has 0 bridgehead atoms. The fourth-order valence-electron chi connectivity index (χ4n) is 0.848. The number of nitrogens with zero attached hydrogens (tertiary/aromatic N) is 2. The van der Waals surface area contributed by atoms with Crippen LogP contribution in [-0.4, -0.2) is 18.2 Å². The second-order valence-electron chi connectivity index (χ2n) is 2.66. The minimum atomic E-state index is -3.88.